The van der Waals surface area contributed by atoms with Gasteiger partial charge in [0.1, 0.15) is 23.9 Å². The maximum absolute atomic E-state index is 12.2. The molecule has 8 heteroatoms. The Bertz CT molecular complexity index is 722. The molecule has 0 aromatic heterocycles. The van der Waals surface area contributed by atoms with Gasteiger partial charge in [-0.1, -0.05) is 18.2 Å². The SMILES string of the molecule is C/C=C(/C=O)[C@](O)(CC(=O)OCCc1ccc(O)cc1)C(C=O)CC(=O)OC. The van der Waals surface area contributed by atoms with Crippen molar-refractivity contribution in [3.05, 3.63) is 41.5 Å². The van der Waals surface area contributed by atoms with Crippen LogP contribution in [0.25, 0.3) is 0 Å². The Kier molecular flexibility index (Phi) is 9.04. The van der Waals surface area contributed by atoms with Crippen LogP contribution in [0.3, 0.4) is 0 Å². The highest BCUT2D eigenvalue weighted by Crippen LogP contribution is 2.31. The maximum Gasteiger partial charge on any atom is 0.309 e. The van der Waals surface area contributed by atoms with E-state index in [0.717, 1.165) is 12.7 Å². The number of esters is 2. The van der Waals surface area contributed by atoms with E-state index in [4.69, 9.17) is 4.74 Å². The highest BCUT2D eigenvalue weighted by atomic mass is 16.5. The maximum atomic E-state index is 12.2. The zero-order valence-corrected chi connectivity index (χ0v) is 15.8. The minimum Gasteiger partial charge on any atom is -0.508 e. The molecule has 0 amide bonds. The number of phenolic OH excluding ortho intramolecular Hbond substituents is 1. The number of phenols is 1. The van der Waals surface area contributed by atoms with Crippen LogP contribution in [-0.4, -0.2) is 54.0 Å². The third-order valence-electron chi connectivity index (χ3n) is 4.33. The number of carbonyl (C=O) groups is 4. The highest BCUT2D eigenvalue weighted by Gasteiger charge is 2.43. The molecule has 0 saturated carbocycles. The number of benzene rings is 1. The number of rotatable bonds is 11. The molecule has 0 fully saturated rings. The molecule has 2 atom stereocenters. The molecule has 0 bridgehead atoms. The van der Waals surface area contributed by atoms with Crippen LogP contribution in [-0.2, 0) is 35.1 Å². The molecule has 1 unspecified atom stereocenters. The minimum atomic E-state index is -2.19. The second-order valence-corrected chi connectivity index (χ2v) is 6.12. The lowest BCUT2D eigenvalue weighted by atomic mass is 9.77. The van der Waals surface area contributed by atoms with Crippen molar-refractivity contribution in [1.29, 1.82) is 0 Å². The molecule has 1 aromatic carbocycles. The van der Waals surface area contributed by atoms with Crippen LogP contribution < -0.4 is 0 Å². The van der Waals surface area contributed by atoms with E-state index in [1.54, 1.807) is 12.1 Å². The molecular weight excluding hydrogens is 368 g/mol. The summed E-state index contributed by atoms with van der Waals surface area (Å²) < 4.78 is 9.60. The van der Waals surface area contributed by atoms with Crippen LogP contribution in [0.15, 0.2) is 35.9 Å². The lowest BCUT2D eigenvalue weighted by Crippen LogP contribution is -2.45. The predicted octanol–water partition coefficient (Wildman–Crippen LogP) is 1.12. The van der Waals surface area contributed by atoms with E-state index in [2.05, 4.69) is 4.74 Å². The first-order valence-corrected chi connectivity index (χ1v) is 8.60. The lowest BCUT2D eigenvalue weighted by molar-refractivity contribution is -0.154. The zero-order chi connectivity index (χ0) is 21.2. The summed E-state index contributed by atoms with van der Waals surface area (Å²) in [6.45, 7) is 1.46. The van der Waals surface area contributed by atoms with Crippen LogP contribution >= 0.6 is 0 Å². The van der Waals surface area contributed by atoms with Gasteiger partial charge in [0.25, 0.3) is 0 Å². The summed E-state index contributed by atoms with van der Waals surface area (Å²) in [6.07, 6.45) is 1.10. The van der Waals surface area contributed by atoms with E-state index in [0.29, 0.717) is 19.0 Å². The Morgan fingerprint density at radius 2 is 1.82 bits per heavy atom. The molecule has 1 rings (SSSR count). The van der Waals surface area contributed by atoms with E-state index in [1.807, 2.05) is 0 Å². The Balaban J connectivity index is 2.85. The summed E-state index contributed by atoms with van der Waals surface area (Å²) in [5, 5.41) is 20.2. The molecule has 0 aliphatic rings. The second kappa shape index (κ2) is 11.0. The third-order valence-corrected chi connectivity index (χ3v) is 4.33. The molecule has 1 aromatic rings. The standard InChI is InChI=1S/C20H24O8/c1-3-15(12-21)20(26,16(13-22)10-18(24)27-2)11-19(25)28-9-8-14-4-6-17(23)7-5-14/h3-7,12-13,16,23,26H,8-11H2,1-2H3/b15-3-/t16?,20-/m1/s1. The van der Waals surface area contributed by atoms with Gasteiger partial charge in [-0.15, -0.1) is 0 Å². The van der Waals surface area contributed by atoms with Crippen molar-refractivity contribution in [1.82, 2.24) is 0 Å². The summed E-state index contributed by atoms with van der Waals surface area (Å²) in [5.74, 6) is -2.85. The first kappa shape index (κ1) is 23.0. The number of ether oxygens (including phenoxy) is 2. The fraction of sp³-hybridized carbons (Fsp3) is 0.400. The van der Waals surface area contributed by atoms with Crippen molar-refractivity contribution in [2.24, 2.45) is 5.92 Å². The molecule has 0 spiro atoms. The molecule has 8 nitrogen and oxygen atoms in total. The van der Waals surface area contributed by atoms with Gasteiger partial charge in [-0.05, 0) is 24.6 Å². The number of allylic oxidation sites excluding steroid dienone is 1. The van der Waals surface area contributed by atoms with Gasteiger partial charge >= 0.3 is 11.9 Å². The van der Waals surface area contributed by atoms with Crippen molar-refractivity contribution in [2.45, 2.75) is 31.8 Å². The van der Waals surface area contributed by atoms with Crippen molar-refractivity contribution >= 4 is 24.5 Å². The Morgan fingerprint density at radius 1 is 1.18 bits per heavy atom. The summed E-state index contributed by atoms with van der Waals surface area (Å²) in [5.41, 5.74) is -1.58. The number of aromatic hydroxyl groups is 1. The van der Waals surface area contributed by atoms with Crippen molar-refractivity contribution in [3.8, 4) is 5.75 Å². The first-order chi connectivity index (χ1) is 13.3. The fourth-order valence-corrected chi connectivity index (χ4v) is 2.68. The van der Waals surface area contributed by atoms with Gasteiger partial charge in [-0.3, -0.25) is 14.4 Å². The summed E-state index contributed by atoms with van der Waals surface area (Å²) in [7, 11) is 1.12. The molecule has 2 N–H and O–H groups in total. The summed E-state index contributed by atoms with van der Waals surface area (Å²) in [6, 6.07) is 6.34. The molecule has 0 saturated heterocycles. The molecule has 0 aliphatic carbocycles. The minimum absolute atomic E-state index is 0.00525. The normalized spacial score (nSPS) is 14.5. The number of methoxy groups -OCH3 is 1. The van der Waals surface area contributed by atoms with Gasteiger partial charge in [0.15, 0.2) is 0 Å². The third kappa shape index (κ3) is 6.31. The Hall–Kier alpha value is -3.00. The van der Waals surface area contributed by atoms with E-state index in [1.165, 1.54) is 25.1 Å². The Labute approximate surface area is 162 Å². The van der Waals surface area contributed by atoms with Crippen molar-refractivity contribution < 1.29 is 38.9 Å². The number of aliphatic hydroxyl groups is 1. The monoisotopic (exact) mass is 392 g/mol. The molecule has 0 radical (unpaired) electrons. The number of hydrogen-bond acceptors (Lipinski definition) is 8. The fourth-order valence-electron chi connectivity index (χ4n) is 2.68. The zero-order valence-electron chi connectivity index (χ0n) is 15.8. The summed E-state index contributed by atoms with van der Waals surface area (Å²) in [4.78, 5) is 46.5. The molecular formula is C20H24O8. The number of hydrogen-bond donors (Lipinski definition) is 2. The van der Waals surface area contributed by atoms with E-state index in [9.17, 15) is 29.4 Å². The molecule has 152 valence electrons. The predicted molar refractivity (Wildman–Crippen MR) is 98.3 cm³/mol. The van der Waals surface area contributed by atoms with Crippen LogP contribution in [0.2, 0.25) is 0 Å². The van der Waals surface area contributed by atoms with E-state index >= 15 is 0 Å². The summed E-state index contributed by atoms with van der Waals surface area (Å²) >= 11 is 0. The first-order valence-electron chi connectivity index (χ1n) is 8.60. The van der Waals surface area contributed by atoms with Crippen LogP contribution in [0.1, 0.15) is 25.3 Å². The van der Waals surface area contributed by atoms with Crippen LogP contribution in [0.4, 0.5) is 0 Å². The molecule has 0 heterocycles. The average Bonchev–Trinajstić information content (AvgIpc) is 2.68. The van der Waals surface area contributed by atoms with Crippen LogP contribution in [0.5, 0.6) is 5.75 Å². The van der Waals surface area contributed by atoms with Gasteiger partial charge in [0.2, 0.25) is 0 Å². The number of carbonyl (C=O) groups excluding carboxylic acids is 4. The Morgan fingerprint density at radius 3 is 2.32 bits per heavy atom. The topological polar surface area (TPSA) is 127 Å². The van der Waals surface area contributed by atoms with Gasteiger partial charge in [-0.2, -0.15) is 0 Å². The van der Waals surface area contributed by atoms with Gasteiger partial charge < -0.3 is 24.5 Å². The molecule has 0 aliphatic heterocycles. The quantitative estimate of drug-likeness (QED) is 0.326. The smallest absolute Gasteiger partial charge is 0.309 e. The van der Waals surface area contributed by atoms with Crippen molar-refractivity contribution in [3.63, 3.8) is 0 Å². The van der Waals surface area contributed by atoms with Crippen molar-refractivity contribution in [2.75, 3.05) is 13.7 Å². The average molecular weight is 392 g/mol. The molecule has 28 heavy (non-hydrogen) atoms. The number of aldehydes is 2. The highest BCUT2D eigenvalue weighted by molar-refractivity contribution is 5.84. The van der Waals surface area contributed by atoms with Gasteiger partial charge in [-0.25, -0.2) is 0 Å². The van der Waals surface area contributed by atoms with Crippen LogP contribution in [0, 0.1) is 5.92 Å². The van der Waals surface area contributed by atoms with Gasteiger partial charge in [0, 0.05) is 12.0 Å². The lowest BCUT2D eigenvalue weighted by Gasteiger charge is -2.32. The van der Waals surface area contributed by atoms with E-state index in [-0.39, 0.29) is 17.9 Å². The second-order valence-electron chi connectivity index (χ2n) is 6.12. The van der Waals surface area contributed by atoms with Gasteiger partial charge in [0.05, 0.1) is 32.5 Å². The largest absolute Gasteiger partial charge is 0.508 e. The van der Waals surface area contributed by atoms with E-state index < -0.39 is 36.3 Å².